The SMILES string of the molecule is Cn1cc(CN)c(N2CC(C)(C)C2)n1. The minimum atomic E-state index is 0.434. The minimum Gasteiger partial charge on any atom is -0.354 e. The average Bonchev–Trinajstić information content (AvgIpc) is 2.42. The molecular weight excluding hydrogens is 176 g/mol. The zero-order valence-electron chi connectivity index (χ0n) is 9.12. The quantitative estimate of drug-likeness (QED) is 0.755. The molecule has 4 nitrogen and oxygen atoms in total. The van der Waals surface area contributed by atoms with Crippen LogP contribution < -0.4 is 10.6 Å². The van der Waals surface area contributed by atoms with Crippen molar-refractivity contribution < 1.29 is 0 Å². The Labute approximate surface area is 84.7 Å². The molecule has 0 unspecified atom stereocenters. The van der Waals surface area contributed by atoms with E-state index in [1.165, 1.54) is 0 Å². The Morgan fingerprint density at radius 2 is 2.14 bits per heavy atom. The zero-order chi connectivity index (χ0) is 10.3. The van der Waals surface area contributed by atoms with Gasteiger partial charge < -0.3 is 10.6 Å². The largest absolute Gasteiger partial charge is 0.354 e. The molecule has 0 saturated carbocycles. The molecule has 0 spiro atoms. The van der Waals surface area contributed by atoms with Gasteiger partial charge in [-0.25, -0.2) is 0 Å². The summed E-state index contributed by atoms with van der Waals surface area (Å²) in [6.45, 7) is 7.28. The molecule has 0 radical (unpaired) electrons. The van der Waals surface area contributed by atoms with E-state index in [0.29, 0.717) is 12.0 Å². The summed E-state index contributed by atoms with van der Waals surface area (Å²) in [6.07, 6.45) is 2.00. The van der Waals surface area contributed by atoms with Gasteiger partial charge in [-0.05, 0) is 5.41 Å². The molecule has 4 heteroatoms. The molecule has 2 rings (SSSR count). The Morgan fingerprint density at radius 3 is 2.64 bits per heavy atom. The molecule has 2 N–H and O–H groups in total. The first-order chi connectivity index (χ1) is 6.52. The number of hydrogen-bond acceptors (Lipinski definition) is 3. The van der Waals surface area contributed by atoms with E-state index in [1.54, 1.807) is 0 Å². The molecular formula is C10H18N4. The third kappa shape index (κ3) is 1.50. The van der Waals surface area contributed by atoms with Crippen molar-refractivity contribution in [2.24, 2.45) is 18.2 Å². The minimum absolute atomic E-state index is 0.434. The zero-order valence-corrected chi connectivity index (χ0v) is 9.12. The third-order valence-corrected chi connectivity index (χ3v) is 2.64. The molecule has 1 aromatic heterocycles. The van der Waals surface area contributed by atoms with E-state index in [1.807, 2.05) is 17.9 Å². The van der Waals surface area contributed by atoms with Crippen LogP contribution in [0.1, 0.15) is 19.4 Å². The highest BCUT2D eigenvalue weighted by molar-refractivity contribution is 5.49. The third-order valence-electron chi connectivity index (χ3n) is 2.64. The van der Waals surface area contributed by atoms with Gasteiger partial charge in [0, 0.05) is 38.4 Å². The Hall–Kier alpha value is -1.03. The molecule has 1 aliphatic rings. The van der Waals surface area contributed by atoms with Crippen molar-refractivity contribution in [1.82, 2.24) is 9.78 Å². The van der Waals surface area contributed by atoms with Gasteiger partial charge in [-0.1, -0.05) is 13.8 Å². The standard InChI is InChI=1S/C10H18N4/c1-10(2)6-14(7-10)9-8(4-11)5-13(3)12-9/h5H,4,6-7,11H2,1-3H3. The molecule has 0 amide bonds. The van der Waals surface area contributed by atoms with Crippen LogP contribution in [0, 0.1) is 5.41 Å². The summed E-state index contributed by atoms with van der Waals surface area (Å²) < 4.78 is 1.84. The van der Waals surface area contributed by atoms with E-state index in [-0.39, 0.29) is 0 Å². The van der Waals surface area contributed by atoms with E-state index >= 15 is 0 Å². The van der Waals surface area contributed by atoms with Gasteiger partial charge in [0.2, 0.25) is 0 Å². The lowest BCUT2D eigenvalue weighted by Crippen LogP contribution is -2.53. The predicted octanol–water partition coefficient (Wildman–Crippen LogP) is 0.725. The van der Waals surface area contributed by atoms with Gasteiger partial charge in [-0.3, -0.25) is 4.68 Å². The van der Waals surface area contributed by atoms with Crippen molar-refractivity contribution in [3.8, 4) is 0 Å². The predicted molar refractivity (Wildman–Crippen MR) is 57.1 cm³/mol. The number of rotatable bonds is 2. The van der Waals surface area contributed by atoms with E-state index in [0.717, 1.165) is 24.5 Å². The molecule has 1 aliphatic heterocycles. The molecule has 78 valence electrons. The number of aromatic nitrogens is 2. The summed E-state index contributed by atoms with van der Waals surface area (Å²) in [4.78, 5) is 2.29. The van der Waals surface area contributed by atoms with Crippen LogP contribution in [0.2, 0.25) is 0 Å². The van der Waals surface area contributed by atoms with Gasteiger partial charge >= 0.3 is 0 Å². The average molecular weight is 194 g/mol. The van der Waals surface area contributed by atoms with Gasteiger partial charge in [-0.15, -0.1) is 0 Å². The van der Waals surface area contributed by atoms with Crippen LogP contribution in [0.5, 0.6) is 0 Å². The summed E-state index contributed by atoms with van der Waals surface area (Å²) in [5.74, 6) is 1.06. The monoisotopic (exact) mass is 194 g/mol. The lowest BCUT2D eigenvalue weighted by molar-refractivity contribution is 0.273. The lowest BCUT2D eigenvalue weighted by atomic mass is 9.84. The van der Waals surface area contributed by atoms with E-state index < -0.39 is 0 Å². The molecule has 0 atom stereocenters. The van der Waals surface area contributed by atoms with Gasteiger partial charge in [0.25, 0.3) is 0 Å². The van der Waals surface area contributed by atoms with Crippen molar-refractivity contribution in [1.29, 1.82) is 0 Å². The van der Waals surface area contributed by atoms with Crippen LogP contribution in [-0.4, -0.2) is 22.9 Å². The van der Waals surface area contributed by atoms with Crippen molar-refractivity contribution >= 4 is 5.82 Å². The number of aryl methyl sites for hydroxylation is 1. The first-order valence-corrected chi connectivity index (χ1v) is 4.99. The van der Waals surface area contributed by atoms with Gasteiger partial charge in [-0.2, -0.15) is 5.10 Å². The highest BCUT2D eigenvalue weighted by Crippen LogP contribution is 2.33. The molecule has 14 heavy (non-hydrogen) atoms. The summed E-state index contributed by atoms with van der Waals surface area (Å²) in [6, 6.07) is 0. The molecule has 1 aromatic rings. The summed E-state index contributed by atoms with van der Waals surface area (Å²) >= 11 is 0. The molecule has 2 heterocycles. The maximum Gasteiger partial charge on any atom is 0.155 e. The van der Waals surface area contributed by atoms with Crippen LogP contribution in [0.3, 0.4) is 0 Å². The fourth-order valence-electron chi connectivity index (χ4n) is 2.07. The summed E-state index contributed by atoms with van der Waals surface area (Å²) in [5, 5.41) is 4.43. The van der Waals surface area contributed by atoms with Crippen LogP contribution >= 0.6 is 0 Å². The highest BCUT2D eigenvalue weighted by Gasteiger charge is 2.36. The molecule has 0 aromatic carbocycles. The van der Waals surface area contributed by atoms with Crippen molar-refractivity contribution in [3.05, 3.63) is 11.8 Å². The van der Waals surface area contributed by atoms with Gasteiger partial charge in [0.1, 0.15) is 0 Å². The normalized spacial score (nSPS) is 19.6. The Balaban J connectivity index is 2.17. The highest BCUT2D eigenvalue weighted by atomic mass is 15.4. The van der Waals surface area contributed by atoms with Crippen LogP contribution in [0.15, 0.2) is 6.20 Å². The molecule has 1 fully saturated rings. The number of hydrogen-bond donors (Lipinski definition) is 1. The van der Waals surface area contributed by atoms with E-state index in [2.05, 4.69) is 23.8 Å². The number of nitrogens with two attached hydrogens (primary N) is 1. The Morgan fingerprint density at radius 1 is 1.50 bits per heavy atom. The second-order valence-corrected chi connectivity index (χ2v) is 4.88. The van der Waals surface area contributed by atoms with Crippen LogP contribution in [-0.2, 0) is 13.6 Å². The molecule has 0 bridgehead atoms. The van der Waals surface area contributed by atoms with Gasteiger partial charge in [0.15, 0.2) is 5.82 Å². The summed E-state index contributed by atoms with van der Waals surface area (Å²) in [7, 11) is 1.94. The maximum absolute atomic E-state index is 5.67. The topological polar surface area (TPSA) is 47.1 Å². The number of nitrogens with zero attached hydrogens (tertiary/aromatic N) is 3. The summed E-state index contributed by atoms with van der Waals surface area (Å²) in [5.41, 5.74) is 7.24. The van der Waals surface area contributed by atoms with Crippen molar-refractivity contribution in [2.75, 3.05) is 18.0 Å². The first-order valence-electron chi connectivity index (χ1n) is 4.99. The van der Waals surface area contributed by atoms with Gasteiger partial charge in [0.05, 0.1) is 0 Å². The van der Waals surface area contributed by atoms with Crippen molar-refractivity contribution in [2.45, 2.75) is 20.4 Å². The van der Waals surface area contributed by atoms with Crippen LogP contribution in [0.4, 0.5) is 5.82 Å². The molecule has 0 aliphatic carbocycles. The molecule has 1 saturated heterocycles. The fourth-order valence-corrected chi connectivity index (χ4v) is 2.07. The fraction of sp³-hybridized carbons (Fsp3) is 0.700. The second-order valence-electron chi connectivity index (χ2n) is 4.88. The first kappa shape index (κ1) is 9.52. The maximum atomic E-state index is 5.67. The second kappa shape index (κ2) is 2.98. The van der Waals surface area contributed by atoms with Crippen molar-refractivity contribution in [3.63, 3.8) is 0 Å². The smallest absolute Gasteiger partial charge is 0.155 e. The lowest BCUT2D eigenvalue weighted by Gasteiger charge is -2.46. The van der Waals surface area contributed by atoms with Crippen LogP contribution in [0.25, 0.3) is 0 Å². The van der Waals surface area contributed by atoms with E-state index in [9.17, 15) is 0 Å². The Bertz CT molecular complexity index is 332. The Kier molecular flexibility index (Phi) is 2.03. The van der Waals surface area contributed by atoms with E-state index in [4.69, 9.17) is 5.73 Å². The number of anilines is 1.